The molecule has 98 valence electrons. The van der Waals surface area contributed by atoms with Crippen LogP contribution in [0, 0.1) is 0 Å². The molecule has 0 aliphatic carbocycles. The summed E-state index contributed by atoms with van der Waals surface area (Å²) in [5.74, 6) is 0. The first-order valence-corrected chi connectivity index (χ1v) is 8.12. The molecule has 0 fully saturated rings. The summed E-state index contributed by atoms with van der Waals surface area (Å²) >= 11 is 3.53. The highest BCUT2D eigenvalue weighted by Crippen LogP contribution is 2.10. The Morgan fingerprint density at radius 2 is 1.25 bits per heavy atom. The Labute approximate surface area is 111 Å². The van der Waals surface area contributed by atoms with Gasteiger partial charge in [0, 0.05) is 0 Å². The van der Waals surface area contributed by atoms with Crippen molar-refractivity contribution in [3.63, 3.8) is 0 Å². The van der Waals surface area contributed by atoms with Gasteiger partial charge in [-0.3, -0.25) is 0 Å². The molecule has 0 saturated heterocycles. The van der Waals surface area contributed by atoms with Crippen molar-refractivity contribution in [3.05, 3.63) is 0 Å². The molecule has 0 amide bonds. The molecule has 0 saturated carbocycles. The SMILES string of the molecule is CCCCCCCCCC[N+](C)(C)CCBr. The van der Waals surface area contributed by atoms with E-state index >= 15 is 0 Å². The van der Waals surface area contributed by atoms with Gasteiger partial charge in [-0.25, -0.2) is 0 Å². The summed E-state index contributed by atoms with van der Waals surface area (Å²) in [5, 5.41) is 1.12. The maximum absolute atomic E-state index is 3.53. The van der Waals surface area contributed by atoms with Crippen LogP contribution in [0.4, 0.5) is 0 Å². The van der Waals surface area contributed by atoms with E-state index in [-0.39, 0.29) is 0 Å². The van der Waals surface area contributed by atoms with Gasteiger partial charge in [0.05, 0.1) is 32.5 Å². The third kappa shape index (κ3) is 10.9. The summed E-state index contributed by atoms with van der Waals surface area (Å²) in [6.45, 7) is 4.86. The Hall–Kier alpha value is 0.440. The monoisotopic (exact) mass is 292 g/mol. The van der Waals surface area contributed by atoms with Crippen LogP contribution in [0.2, 0.25) is 0 Å². The maximum atomic E-state index is 3.53. The molecule has 0 aromatic carbocycles. The highest BCUT2D eigenvalue weighted by molar-refractivity contribution is 9.09. The normalized spacial score (nSPS) is 12.0. The zero-order valence-corrected chi connectivity index (χ0v) is 13.2. The molecule has 0 aromatic heterocycles. The average Bonchev–Trinajstić information content (AvgIpc) is 2.22. The summed E-state index contributed by atoms with van der Waals surface area (Å²) in [6, 6.07) is 0. The molecule has 0 bridgehead atoms. The fraction of sp³-hybridized carbons (Fsp3) is 1.00. The molecule has 0 radical (unpaired) electrons. The Balaban J connectivity index is 3.20. The van der Waals surface area contributed by atoms with Gasteiger partial charge in [-0.15, -0.1) is 0 Å². The van der Waals surface area contributed by atoms with Gasteiger partial charge in [-0.1, -0.05) is 61.4 Å². The van der Waals surface area contributed by atoms with Crippen molar-refractivity contribution >= 4 is 15.9 Å². The molecule has 0 rings (SSSR count). The molecule has 0 aliphatic rings. The van der Waals surface area contributed by atoms with E-state index in [1.807, 2.05) is 0 Å². The summed E-state index contributed by atoms with van der Waals surface area (Å²) in [5.41, 5.74) is 0. The number of nitrogens with zero attached hydrogens (tertiary/aromatic N) is 1. The van der Waals surface area contributed by atoms with E-state index in [9.17, 15) is 0 Å². The Kier molecular flexibility index (Phi) is 10.9. The summed E-state index contributed by atoms with van der Waals surface area (Å²) in [4.78, 5) is 0. The van der Waals surface area contributed by atoms with Gasteiger partial charge in [0.1, 0.15) is 0 Å². The molecule has 1 nitrogen and oxygen atoms in total. The lowest BCUT2D eigenvalue weighted by Crippen LogP contribution is -2.41. The first kappa shape index (κ1) is 16.4. The molecule has 0 spiro atoms. The summed E-state index contributed by atoms with van der Waals surface area (Å²) in [7, 11) is 4.67. The van der Waals surface area contributed by atoms with Crippen LogP contribution in [0.1, 0.15) is 58.3 Å². The van der Waals surface area contributed by atoms with Crippen LogP contribution in [-0.2, 0) is 0 Å². The second-order valence-electron chi connectivity index (χ2n) is 5.55. The third-order valence-corrected chi connectivity index (χ3v) is 3.66. The lowest BCUT2D eigenvalue weighted by atomic mass is 10.1. The minimum Gasteiger partial charge on any atom is -0.328 e. The molecule has 0 heterocycles. The Morgan fingerprint density at radius 3 is 1.75 bits per heavy atom. The molecular weight excluding hydrogens is 262 g/mol. The smallest absolute Gasteiger partial charge is 0.0880 e. The number of hydrogen-bond acceptors (Lipinski definition) is 0. The van der Waals surface area contributed by atoms with E-state index in [4.69, 9.17) is 0 Å². The minimum absolute atomic E-state index is 1.12. The molecule has 0 aromatic rings. The van der Waals surface area contributed by atoms with Crippen molar-refractivity contribution in [3.8, 4) is 0 Å². The second kappa shape index (κ2) is 10.6. The predicted molar refractivity (Wildman–Crippen MR) is 78.2 cm³/mol. The van der Waals surface area contributed by atoms with Crippen molar-refractivity contribution in [1.29, 1.82) is 0 Å². The number of unbranched alkanes of at least 4 members (excludes halogenated alkanes) is 7. The van der Waals surface area contributed by atoms with E-state index < -0.39 is 0 Å². The topological polar surface area (TPSA) is 0 Å². The predicted octanol–water partition coefficient (Wildman–Crippen LogP) is 4.60. The van der Waals surface area contributed by atoms with Gasteiger partial charge in [0.25, 0.3) is 0 Å². The first-order valence-electron chi connectivity index (χ1n) is 7.00. The lowest BCUT2D eigenvalue weighted by molar-refractivity contribution is -0.887. The molecule has 2 heteroatoms. The largest absolute Gasteiger partial charge is 0.328 e. The first-order chi connectivity index (χ1) is 7.62. The molecular formula is C14H31BrN+. The summed E-state index contributed by atoms with van der Waals surface area (Å²) in [6.07, 6.45) is 11.4. The molecule has 0 N–H and O–H groups in total. The van der Waals surface area contributed by atoms with Crippen LogP contribution in [0.5, 0.6) is 0 Å². The van der Waals surface area contributed by atoms with Crippen molar-refractivity contribution < 1.29 is 4.48 Å². The van der Waals surface area contributed by atoms with Crippen LogP contribution < -0.4 is 0 Å². The van der Waals surface area contributed by atoms with Crippen molar-refractivity contribution in [2.45, 2.75) is 58.3 Å². The van der Waals surface area contributed by atoms with Gasteiger partial charge in [-0.2, -0.15) is 0 Å². The number of rotatable bonds is 11. The van der Waals surface area contributed by atoms with Gasteiger partial charge in [0.2, 0.25) is 0 Å². The van der Waals surface area contributed by atoms with E-state index in [0.29, 0.717) is 0 Å². The van der Waals surface area contributed by atoms with Crippen LogP contribution in [0.3, 0.4) is 0 Å². The highest BCUT2D eigenvalue weighted by atomic mass is 79.9. The third-order valence-electron chi connectivity index (χ3n) is 3.31. The van der Waals surface area contributed by atoms with E-state index in [2.05, 4.69) is 36.9 Å². The number of halogens is 1. The minimum atomic E-state index is 1.12. The average molecular weight is 293 g/mol. The molecule has 0 atom stereocenters. The highest BCUT2D eigenvalue weighted by Gasteiger charge is 2.12. The summed E-state index contributed by atoms with van der Waals surface area (Å²) < 4.78 is 1.17. The van der Waals surface area contributed by atoms with Crippen molar-refractivity contribution in [1.82, 2.24) is 0 Å². The Bertz CT molecular complexity index is 146. The van der Waals surface area contributed by atoms with E-state index in [1.165, 1.54) is 68.9 Å². The number of alkyl halides is 1. The molecule has 0 unspecified atom stereocenters. The van der Waals surface area contributed by atoms with Crippen LogP contribution in [-0.4, -0.2) is 37.0 Å². The van der Waals surface area contributed by atoms with E-state index in [1.54, 1.807) is 0 Å². The van der Waals surface area contributed by atoms with Crippen LogP contribution >= 0.6 is 15.9 Å². The second-order valence-corrected chi connectivity index (χ2v) is 6.34. The van der Waals surface area contributed by atoms with Gasteiger partial charge in [-0.05, 0) is 12.8 Å². The quantitative estimate of drug-likeness (QED) is 0.297. The molecule has 16 heavy (non-hydrogen) atoms. The lowest BCUT2D eigenvalue weighted by Gasteiger charge is -2.29. The van der Waals surface area contributed by atoms with Crippen molar-refractivity contribution in [2.75, 3.05) is 32.5 Å². The van der Waals surface area contributed by atoms with Gasteiger partial charge >= 0.3 is 0 Å². The van der Waals surface area contributed by atoms with E-state index in [0.717, 1.165) is 5.33 Å². The maximum Gasteiger partial charge on any atom is 0.0880 e. The fourth-order valence-corrected chi connectivity index (χ4v) is 2.97. The van der Waals surface area contributed by atoms with Crippen molar-refractivity contribution in [2.24, 2.45) is 0 Å². The standard InChI is InChI=1S/C14H31BrN/c1-4-5-6-7-8-9-10-11-13-16(2,3)14-12-15/h4-14H2,1-3H3/q+1. The number of hydrogen-bond donors (Lipinski definition) is 0. The molecule has 0 aliphatic heterocycles. The zero-order chi connectivity index (χ0) is 12.3. The zero-order valence-electron chi connectivity index (χ0n) is 11.6. The van der Waals surface area contributed by atoms with Crippen LogP contribution in [0.15, 0.2) is 0 Å². The van der Waals surface area contributed by atoms with Crippen LogP contribution in [0.25, 0.3) is 0 Å². The Morgan fingerprint density at radius 1 is 0.750 bits per heavy atom. The van der Waals surface area contributed by atoms with Gasteiger partial charge < -0.3 is 4.48 Å². The van der Waals surface area contributed by atoms with Gasteiger partial charge in [0.15, 0.2) is 0 Å². The number of quaternary nitrogens is 1. The fourth-order valence-electron chi connectivity index (χ4n) is 2.01.